The molecule has 0 spiro atoms. The second-order valence-corrected chi connectivity index (χ2v) is 15.6. The van der Waals surface area contributed by atoms with E-state index in [0.717, 1.165) is 25.7 Å². The van der Waals surface area contributed by atoms with Gasteiger partial charge in [-0.3, -0.25) is 18.9 Å². The summed E-state index contributed by atoms with van der Waals surface area (Å²) in [6, 6.07) is 8.93. The van der Waals surface area contributed by atoms with Crippen LogP contribution in [-0.2, 0) is 30.9 Å². The molecular formula is C38H57ClN2NaO7S. The molecule has 1 radical (unpaired) electrons. The molecule has 1 unspecified atom stereocenters. The number of unbranched alkanes of at least 4 members (excludes halogenated alkanes) is 12. The van der Waals surface area contributed by atoms with Crippen molar-refractivity contribution >= 4 is 80.2 Å². The minimum atomic E-state index is -4.43. The van der Waals surface area contributed by atoms with Crippen LogP contribution in [0.4, 0.5) is 11.4 Å². The molecule has 9 nitrogen and oxygen atoms in total. The average Bonchev–Trinajstić information content (AvgIpc) is 3.02. The summed E-state index contributed by atoms with van der Waals surface area (Å²) in [6.07, 6.45) is 15.1. The van der Waals surface area contributed by atoms with Gasteiger partial charge in [-0.25, -0.2) is 0 Å². The van der Waals surface area contributed by atoms with Gasteiger partial charge in [-0.1, -0.05) is 123 Å². The van der Waals surface area contributed by atoms with Crippen molar-refractivity contribution < 1.29 is 32.1 Å². The number of ketones is 1. The molecule has 0 aromatic heterocycles. The van der Waals surface area contributed by atoms with Crippen LogP contribution in [0.1, 0.15) is 136 Å². The largest absolute Gasteiger partial charge is 0.481 e. The van der Waals surface area contributed by atoms with Crippen molar-refractivity contribution in [1.82, 2.24) is 0 Å². The summed E-state index contributed by atoms with van der Waals surface area (Å²) in [4.78, 5) is 37.8. The fourth-order valence-electron chi connectivity index (χ4n) is 5.42. The number of amides is 2. The molecule has 0 fully saturated rings. The van der Waals surface area contributed by atoms with Crippen molar-refractivity contribution in [2.45, 2.75) is 148 Å². The summed E-state index contributed by atoms with van der Waals surface area (Å²) in [5, 5.41) is 5.65. The molecule has 2 aromatic rings. The Morgan fingerprint density at radius 2 is 1.38 bits per heavy atom. The molecule has 0 aliphatic carbocycles. The van der Waals surface area contributed by atoms with E-state index in [1.165, 1.54) is 82.1 Å². The number of rotatable bonds is 23. The van der Waals surface area contributed by atoms with Crippen molar-refractivity contribution in [2.75, 3.05) is 10.6 Å². The minimum Gasteiger partial charge on any atom is -0.481 e. The van der Waals surface area contributed by atoms with Crippen molar-refractivity contribution in [2.24, 2.45) is 5.41 Å². The van der Waals surface area contributed by atoms with E-state index in [4.69, 9.17) is 16.3 Å². The number of nitrogens with one attached hydrogen (secondary N) is 2. The number of carbonyl (C=O) groups excluding carboxylic acids is 3. The van der Waals surface area contributed by atoms with Gasteiger partial charge in [0.2, 0.25) is 5.91 Å². The van der Waals surface area contributed by atoms with Gasteiger partial charge in [0.25, 0.3) is 16.0 Å². The molecule has 2 amide bonds. The zero-order valence-corrected chi connectivity index (χ0v) is 34.6. The summed E-state index contributed by atoms with van der Waals surface area (Å²) >= 11 is 6.26. The van der Waals surface area contributed by atoms with E-state index >= 15 is 0 Å². The molecule has 0 saturated heterocycles. The van der Waals surface area contributed by atoms with E-state index in [-0.39, 0.29) is 57.4 Å². The second kappa shape index (κ2) is 23.6. The van der Waals surface area contributed by atoms with Crippen LogP contribution in [-0.4, -0.2) is 66.2 Å². The molecule has 3 N–H and O–H groups in total. The maximum Gasteiger partial charge on any atom is 0.294 e. The number of carbonyl (C=O) groups is 3. The second-order valence-electron chi connectivity index (χ2n) is 13.8. The molecule has 50 heavy (non-hydrogen) atoms. The van der Waals surface area contributed by atoms with Crippen LogP contribution in [0.5, 0.6) is 5.75 Å². The van der Waals surface area contributed by atoms with E-state index in [1.807, 2.05) is 0 Å². The van der Waals surface area contributed by atoms with E-state index in [9.17, 15) is 27.4 Å². The van der Waals surface area contributed by atoms with Gasteiger partial charge in [-0.2, -0.15) is 8.42 Å². The van der Waals surface area contributed by atoms with Crippen LogP contribution in [0.25, 0.3) is 0 Å². The van der Waals surface area contributed by atoms with Crippen molar-refractivity contribution in [1.29, 1.82) is 0 Å². The van der Waals surface area contributed by atoms with Gasteiger partial charge in [-0.15, -0.1) is 0 Å². The Bertz CT molecular complexity index is 1480. The van der Waals surface area contributed by atoms with Crippen LogP contribution in [0.15, 0.2) is 41.3 Å². The zero-order chi connectivity index (χ0) is 36.5. The van der Waals surface area contributed by atoms with Gasteiger partial charge in [0.15, 0.2) is 6.10 Å². The topological polar surface area (TPSA) is 139 Å². The van der Waals surface area contributed by atoms with Gasteiger partial charge < -0.3 is 15.4 Å². The normalized spacial score (nSPS) is 12.1. The van der Waals surface area contributed by atoms with Crippen LogP contribution in [0.3, 0.4) is 0 Å². The Morgan fingerprint density at radius 1 is 0.820 bits per heavy atom. The van der Waals surface area contributed by atoms with Crippen LogP contribution < -0.4 is 15.4 Å². The van der Waals surface area contributed by atoms with Crippen molar-refractivity contribution in [3.05, 3.63) is 47.0 Å². The van der Waals surface area contributed by atoms with Crippen LogP contribution in [0, 0.1) is 5.41 Å². The maximum atomic E-state index is 13.2. The number of anilines is 2. The van der Waals surface area contributed by atoms with Gasteiger partial charge in [0.1, 0.15) is 11.5 Å². The molecule has 0 saturated carbocycles. The predicted molar refractivity (Wildman–Crippen MR) is 204 cm³/mol. The number of halogens is 1. The Morgan fingerprint density at radius 3 is 1.90 bits per heavy atom. The third-order valence-electron chi connectivity index (χ3n) is 8.47. The smallest absolute Gasteiger partial charge is 0.294 e. The van der Waals surface area contributed by atoms with Crippen molar-refractivity contribution in [3.8, 4) is 5.75 Å². The molecule has 0 heterocycles. The molecule has 0 aliphatic rings. The zero-order valence-electron chi connectivity index (χ0n) is 31.0. The summed E-state index contributed by atoms with van der Waals surface area (Å²) in [5.74, 6) is -0.873. The van der Waals surface area contributed by atoms with Crippen molar-refractivity contribution in [3.63, 3.8) is 0 Å². The first-order chi connectivity index (χ1) is 23.1. The monoisotopic (exact) mass is 743 g/mol. The molecule has 2 rings (SSSR count). The van der Waals surface area contributed by atoms with Gasteiger partial charge in [0, 0.05) is 40.7 Å². The van der Waals surface area contributed by atoms with E-state index in [1.54, 1.807) is 39.8 Å². The van der Waals surface area contributed by atoms with Gasteiger partial charge in [0.05, 0.1) is 22.0 Å². The number of Topliss-reactive ketones (excluding diaryl/α,β-unsaturated/α-hetero) is 1. The minimum absolute atomic E-state index is 0. The molecule has 2 aromatic carbocycles. The first kappa shape index (κ1) is 46.1. The molecule has 12 heteroatoms. The Kier molecular flexibility index (Phi) is 21.7. The van der Waals surface area contributed by atoms with E-state index < -0.39 is 33.5 Å². The number of aryl methyl sites for hydroxylation is 1. The van der Waals surface area contributed by atoms with E-state index in [2.05, 4.69) is 17.6 Å². The first-order valence-electron chi connectivity index (χ1n) is 17.9. The molecule has 1 atom stereocenters. The summed E-state index contributed by atoms with van der Waals surface area (Å²) in [5.41, 5.74) is 0.393. The first-order valence-corrected chi connectivity index (χ1v) is 19.7. The predicted octanol–water partition coefficient (Wildman–Crippen LogP) is 9.58. The quantitative estimate of drug-likeness (QED) is 0.0446. The van der Waals surface area contributed by atoms with Gasteiger partial charge >= 0.3 is 0 Å². The third-order valence-corrected chi connectivity index (χ3v) is 9.75. The fourth-order valence-corrected chi connectivity index (χ4v) is 6.32. The standard InChI is InChI=1S/C38H57ClN2O7S.Na/c1-6-8-9-10-11-12-13-14-15-16-17-18-19-20-28-25-30(22-24-34(28)49(45,46)47)48-33(7-2)37(44)40-29-21-23-31(39)32(26-29)41-36(43)27-35(42)38(3,4)5;/h21-26,33H,6-20,27H2,1-5H3,(H,40,44)(H,41,43)(H,45,46,47);. The number of benzene rings is 2. The van der Waals surface area contributed by atoms with Crippen LogP contribution >= 0.6 is 11.6 Å². The van der Waals surface area contributed by atoms with E-state index in [0.29, 0.717) is 29.8 Å². The third kappa shape index (κ3) is 17.5. The Balaban J connectivity index is 0.0000125. The molecule has 275 valence electrons. The molecule has 0 aliphatic heterocycles. The summed E-state index contributed by atoms with van der Waals surface area (Å²) in [6.45, 7) is 9.23. The maximum absolute atomic E-state index is 13.2. The van der Waals surface area contributed by atoms with Crippen LogP contribution in [0.2, 0.25) is 5.02 Å². The molecular weight excluding hydrogens is 687 g/mol. The van der Waals surface area contributed by atoms with Gasteiger partial charge in [-0.05, 0) is 61.2 Å². The Hall–Kier alpha value is -1.95. The number of hydrogen-bond donors (Lipinski definition) is 3. The number of hydrogen-bond acceptors (Lipinski definition) is 6. The SMILES string of the molecule is CCCCCCCCCCCCCCCc1cc(OC(CC)C(=O)Nc2ccc(Cl)c(NC(=O)CC(=O)C(C)(C)C)c2)ccc1S(=O)(=O)O.[Na]. The summed E-state index contributed by atoms with van der Waals surface area (Å²) in [7, 11) is -4.43. The number of ether oxygens (including phenoxy) is 1. The average molecular weight is 744 g/mol. The Labute approximate surface area is 327 Å². The fraction of sp³-hybridized carbons (Fsp3) is 0.605. The molecule has 0 bridgehead atoms. The summed E-state index contributed by atoms with van der Waals surface area (Å²) < 4.78 is 40.0.